The van der Waals surface area contributed by atoms with Crippen molar-refractivity contribution in [1.29, 1.82) is 0 Å². The van der Waals surface area contributed by atoms with E-state index in [0.29, 0.717) is 12.6 Å². The molecule has 0 radical (unpaired) electrons. The van der Waals surface area contributed by atoms with Crippen LogP contribution in [0.4, 0.5) is 0 Å². The van der Waals surface area contributed by atoms with Crippen molar-refractivity contribution < 1.29 is 10.2 Å². The van der Waals surface area contributed by atoms with E-state index in [9.17, 15) is 10.2 Å². The minimum atomic E-state index is -0.0579. The summed E-state index contributed by atoms with van der Waals surface area (Å²) in [6.07, 6.45) is 2.25. The first-order chi connectivity index (χ1) is 7.15. The Morgan fingerprint density at radius 3 is 2.73 bits per heavy atom. The number of rotatable bonds is 5. The number of nitrogens with one attached hydrogen (secondary N) is 1. The van der Waals surface area contributed by atoms with Crippen molar-refractivity contribution in [2.24, 2.45) is 0 Å². The summed E-state index contributed by atoms with van der Waals surface area (Å²) in [5, 5.41) is 22.1. The highest BCUT2D eigenvalue weighted by Gasteiger charge is 2.06. The van der Waals surface area contributed by atoms with Crippen LogP contribution in [0.2, 0.25) is 0 Å². The molecule has 0 aliphatic rings. The van der Waals surface area contributed by atoms with Gasteiger partial charge in [0.15, 0.2) is 11.5 Å². The van der Waals surface area contributed by atoms with Crippen molar-refractivity contribution in [2.75, 3.05) is 0 Å². The molecule has 1 unspecified atom stereocenters. The lowest BCUT2D eigenvalue weighted by Gasteiger charge is -2.13. The average molecular weight is 209 g/mol. The van der Waals surface area contributed by atoms with Crippen LogP contribution < -0.4 is 5.32 Å². The van der Waals surface area contributed by atoms with Gasteiger partial charge in [0.25, 0.3) is 0 Å². The molecule has 84 valence electrons. The second kappa shape index (κ2) is 5.61. The maximum absolute atomic E-state index is 9.55. The van der Waals surface area contributed by atoms with Crippen LogP contribution in [0.3, 0.4) is 0 Å². The van der Waals surface area contributed by atoms with Crippen LogP contribution in [0, 0.1) is 0 Å². The highest BCUT2D eigenvalue weighted by atomic mass is 16.3. The number of hydrogen-bond acceptors (Lipinski definition) is 3. The fourth-order valence-electron chi connectivity index (χ4n) is 1.54. The van der Waals surface area contributed by atoms with E-state index in [1.807, 2.05) is 0 Å². The van der Waals surface area contributed by atoms with E-state index >= 15 is 0 Å². The smallest absolute Gasteiger partial charge is 0.161 e. The maximum atomic E-state index is 9.55. The maximum Gasteiger partial charge on any atom is 0.161 e. The van der Waals surface area contributed by atoms with Crippen LogP contribution in [0.1, 0.15) is 32.3 Å². The Morgan fingerprint density at radius 1 is 1.33 bits per heavy atom. The predicted octanol–water partition coefficient (Wildman–Crippen LogP) is 2.38. The normalized spacial score (nSPS) is 12.7. The van der Waals surface area contributed by atoms with Crippen LogP contribution in [-0.2, 0) is 6.54 Å². The molecule has 0 amide bonds. The van der Waals surface area contributed by atoms with Gasteiger partial charge in [-0.25, -0.2) is 0 Å². The number of phenolic OH excluding ortho intramolecular Hbond substituents is 2. The molecule has 0 heterocycles. The first kappa shape index (κ1) is 11.9. The van der Waals surface area contributed by atoms with Crippen molar-refractivity contribution in [3.63, 3.8) is 0 Å². The van der Waals surface area contributed by atoms with Gasteiger partial charge in [0.2, 0.25) is 0 Å². The summed E-state index contributed by atoms with van der Waals surface area (Å²) in [5.74, 6) is -0.0776. The minimum Gasteiger partial charge on any atom is -0.504 e. The van der Waals surface area contributed by atoms with E-state index < -0.39 is 0 Å². The summed E-state index contributed by atoms with van der Waals surface area (Å²) >= 11 is 0. The molecule has 0 saturated heterocycles. The van der Waals surface area contributed by atoms with Crippen molar-refractivity contribution in [3.8, 4) is 11.5 Å². The molecule has 3 heteroatoms. The predicted molar refractivity (Wildman–Crippen MR) is 61.0 cm³/mol. The lowest BCUT2D eigenvalue weighted by molar-refractivity contribution is 0.395. The zero-order valence-corrected chi connectivity index (χ0v) is 9.33. The summed E-state index contributed by atoms with van der Waals surface area (Å²) in [5.41, 5.74) is 0.734. The van der Waals surface area contributed by atoms with Crippen molar-refractivity contribution >= 4 is 0 Å². The molecule has 1 aromatic carbocycles. The molecule has 3 N–H and O–H groups in total. The Balaban J connectivity index is 2.54. The largest absolute Gasteiger partial charge is 0.504 e. The number of aromatic hydroxyl groups is 2. The van der Waals surface area contributed by atoms with Gasteiger partial charge in [0.1, 0.15) is 0 Å². The van der Waals surface area contributed by atoms with Crippen molar-refractivity contribution in [1.82, 2.24) is 5.32 Å². The summed E-state index contributed by atoms with van der Waals surface area (Å²) in [6.45, 7) is 4.84. The third kappa shape index (κ3) is 3.44. The van der Waals surface area contributed by atoms with Gasteiger partial charge in [0, 0.05) is 18.2 Å². The molecular formula is C12H19NO2. The Labute approximate surface area is 90.8 Å². The van der Waals surface area contributed by atoms with E-state index in [1.54, 1.807) is 12.1 Å². The molecular weight excluding hydrogens is 190 g/mol. The van der Waals surface area contributed by atoms with Crippen molar-refractivity contribution in [2.45, 2.75) is 39.3 Å². The van der Waals surface area contributed by atoms with Gasteiger partial charge >= 0.3 is 0 Å². The lowest BCUT2D eigenvalue weighted by Crippen LogP contribution is -2.25. The standard InChI is InChI=1S/C12H19NO2/c1-3-5-9(2)13-8-10-6-4-7-11(14)12(10)15/h4,6-7,9,13-15H,3,5,8H2,1-2H3. The Bertz CT molecular complexity index is 312. The van der Waals surface area contributed by atoms with E-state index in [4.69, 9.17) is 0 Å². The van der Waals surface area contributed by atoms with E-state index in [2.05, 4.69) is 19.2 Å². The molecule has 1 aromatic rings. The van der Waals surface area contributed by atoms with Crippen LogP contribution in [0.15, 0.2) is 18.2 Å². The van der Waals surface area contributed by atoms with Gasteiger partial charge in [0.05, 0.1) is 0 Å². The Hall–Kier alpha value is -1.22. The van der Waals surface area contributed by atoms with E-state index in [0.717, 1.165) is 18.4 Å². The van der Waals surface area contributed by atoms with Crippen LogP contribution in [0.25, 0.3) is 0 Å². The molecule has 0 aromatic heterocycles. The Morgan fingerprint density at radius 2 is 2.07 bits per heavy atom. The van der Waals surface area contributed by atoms with E-state index in [1.165, 1.54) is 6.07 Å². The fraction of sp³-hybridized carbons (Fsp3) is 0.500. The van der Waals surface area contributed by atoms with Crippen LogP contribution in [0.5, 0.6) is 11.5 Å². The van der Waals surface area contributed by atoms with Crippen molar-refractivity contribution in [3.05, 3.63) is 23.8 Å². The van der Waals surface area contributed by atoms with Crippen LogP contribution in [-0.4, -0.2) is 16.3 Å². The van der Waals surface area contributed by atoms with Gasteiger partial charge in [-0.3, -0.25) is 0 Å². The third-order valence-corrected chi connectivity index (χ3v) is 2.46. The second-order valence-electron chi connectivity index (χ2n) is 3.86. The summed E-state index contributed by atoms with van der Waals surface area (Å²) in [4.78, 5) is 0. The summed E-state index contributed by atoms with van der Waals surface area (Å²) < 4.78 is 0. The number of para-hydroxylation sites is 1. The average Bonchev–Trinajstić information content (AvgIpc) is 2.21. The fourth-order valence-corrected chi connectivity index (χ4v) is 1.54. The number of hydrogen-bond donors (Lipinski definition) is 3. The van der Waals surface area contributed by atoms with Gasteiger partial charge in [-0.1, -0.05) is 25.5 Å². The van der Waals surface area contributed by atoms with Crippen LogP contribution >= 0.6 is 0 Å². The molecule has 0 saturated carbocycles. The zero-order chi connectivity index (χ0) is 11.3. The van der Waals surface area contributed by atoms with Gasteiger partial charge < -0.3 is 15.5 Å². The SMILES string of the molecule is CCCC(C)NCc1cccc(O)c1O. The Kier molecular flexibility index (Phi) is 4.43. The molecule has 0 bridgehead atoms. The van der Waals surface area contributed by atoms with Gasteiger partial charge in [-0.05, 0) is 19.4 Å². The minimum absolute atomic E-state index is 0.0197. The first-order valence-corrected chi connectivity index (χ1v) is 5.38. The quantitative estimate of drug-likeness (QED) is 0.653. The first-order valence-electron chi connectivity index (χ1n) is 5.38. The monoisotopic (exact) mass is 209 g/mol. The highest BCUT2D eigenvalue weighted by Crippen LogP contribution is 2.27. The topological polar surface area (TPSA) is 52.5 Å². The summed E-state index contributed by atoms with van der Waals surface area (Å²) in [6, 6.07) is 5.45. The highest BCUT2D eigenvalue weighted by molar-refractivity contribution is 5.44. The molecule has 0 spiro atoms. The number of phenols is 2. The van der Waals surface area contributed by atoms with Gasteiger partial charge in [-0.15, -0.1) is 0 Å². The molecule has 0 fully saturated rings. The molecule has 3 nitrogen and oxygen atoms in total. The molecule has 0 aliphatic heterocycles. The molecule has 15 heavy (non-hydrogen) atoms. The second-order valence-corrected chi connectivity index (χ2v) is 3.86. The van der Waals surface area contributed by atoms with Gasteiger partial charge in [-0.2, -0.15) is 0 Å². The molecule has 0 aliphatic carbocycles. The lowest BCUT2D eigenvalue weighted by atomic mass is 10.1. The van der Waals surface area contributed by atoms with E-state index in [-0.39, 0.29) is 11.5 Å². The summed E-state index contributed by atoms with van der Waals surface area (Å²) in [7, 11) is 0. The third-order valence-electron chi connectivity index (χ3n) is 2.46. The molecule has 1 atom stereocenters. The molecule has 1 rings (SSSR count). The zero-order valence-electron chi connectivity index (χ0n) is 9.33. The number of benzene rings is 1.